The Bertz CT molecular complexity index is 1140. The number of carbonyl (C=O) groups is 2. The quantitative estimate of drug-likeness (QED) is 0.429. The van der Waals surface area contributed by atoms with Crippen molar-refractivity contribution in [1.82, 2.24) is 4.90 Å². The van der Waals surface area contributed by atoms with Crippen molar-refractivity contribution in [2.45, 2.75) is 102 Å². The molecule has 0 aromatic heterocycles. The number of β-lactam (4-membered cyclic amide) rings is 1. The van der Waals surface area contributed by atoms with Crippen LogP contribution in [0, 0.1) is 5.92 Å². The third-order valence-electron chi connectivity index (χ3n) is 7.77. The van der Waals surface area contributed by atoms with Crippen LogP contribution in [0.25, 0.3) is 0 Å². The van der Waals surface area contributed by atoms with Gasteiger partial charge in [-0.1, -0.05) is 53.7 Å². The van der Waals surface area contributed by atoms with Crippen molar-refractivity contribution in [1.29, 1.82) is 0 Å². The fraction of sp³-hybridized carbons (Fsp3) is 0.615. The number of aliphatic carboxylic acids is 1. The van der Waals surface area contributed by atoms with Crippen LogP contribution in [0.1, 0.15) is 60.5 Å². The molecule has 1 aromatic carbocycles. The second kappa shape index (κ2) is 8.85. The Kier molecular flexibility index (Phi) is 6.98. The van der Waals surface area contributed by atoms with E-state index in [1.54, 1.807) is 24.3 Å². The Morgan fingerprint density at radius 1 is 1.14 bits per heavy atom. The number of hydrogen-bond donors (Lipinski definition) is 1. The third kappa shape index (κ3) is 5.13. The first kappa shape index (κ1) is 27.6. The zero-order chi connectivity index (χ0) is 26.7. The molecule has 9 heteroatoms. The summed E-state index contributed by atoms with van der Waals surface area (Å²) < 4.78 is 32.7. The highest BCUT2D eigenvalue weighted by molar-refractivity contribution is 7.94. The molecule has 1 amide bonds. The molecule has 0 aliphatic carbocycles. The van der Waals surface area contributed by atoms with Crippen LogP contribution in [0.15, 0.2) is 40.1 Å². The van der Waals surface area contributed by atoms with E-state index >= 15 is 0 Å². The predicted molar refractivity (Wildman–Crippen MR) is 138 cm³/mol. The molecule has 35 heavy (non-hydrogen) atoms. The Balaban J connectivity index is 1.89. The highest BCUT2D eigenvalue weighted by Crippen LogP contribution is 2.47. The molecule has 194 valence electrons. The number of fused-ring (bicyclic) bond motifs is 1. The van der Waals surface area contributed by atoms with Gasteiger partial charge in [-0.15, -0.1) is 0 Å². The lowest BCUT2D eigenvalue weighted by Crippen LogP contribution is -2.65. The highest BCUT2D eigenvalue weighted by atomic mass is 32.2. The largest absolute Gasteiger partial charge is 0.479 e. The van der Waals surface area contributed by atoms with Gasteiger partial charge < -0.3 is 14.4 Å². The number of benzene rings is 1. The van der Waals surface area contributed by atoms with Gasteiger partial charge >= 0.3 is 5.97 Å². The number of carbonyl (C=O) groups excluding carboxylic acids is 1. The standard InChI is InChI=1S/C26H39NO6SSi/c1-16(33-35(8,9)26(5,6)7)21-20-14-17(22(24(29)30)27(20)23(21)28)15-34(31,32)19-12-10-18(11-13-19)25(2,3)4/h10-13,15-16,20-22H,14H2,1-9H3,(H,29,30)/b17-15+/t16-,20-,21+,22?/m1/s1. The molecule has 2 aliphatic rings. The molecular formula is C26H39NO6SSi. The minimum absolute atomic E-state index is 0.0330. The Hall–Kier alpha value is -1.97. The number of amides is 1. The fourth-order valence-electron chi connectivity index (χ4n) is 4.70. The molecule has 0 saturated carbocycles. The van der Waals surface area contributed by atoms with Crippen LogP contribution in [-0.2, 0) is 29.3 Å². The van der Waals surface area contributed by atoms with Crippen molar-refractivity contribution >= 4 is 30.0 Å². The van der Waals surface area contributed by atoms with Crippen LogP contribution in [0.5, 0.6) is 0 Å². The zero-order valence-corrected chi connectivity index (χ0v) is 24.1. The predicted octanol–water partition coefficient (Wildman–Crippen LogP) is 4.74. The molecule has 0 radical (unpaired) electrons. The maximum absolute atomic E-state index is 13.2. The summed E-state index contributed by atoms with van der Waals surface area (Å²) in [7, 11) is -6.02. The molecule has 2 heterocycles. The van der Waals surface area contributed by atoms with Gasteiger partial charge in [0.2, 0.25) is 5.91 Å². The second-order valence-electron chi connectivity index (χ2n) is 12.4. The van der Waals surface area contributed by atoms with Crippen molar-refractivity contribution in [2.75, 3.05) is 0 Å². The van der Waals surface area contributed by atoms with Crippen LogP contribution >= 0.6 is 0 Å². The summed E-state index contributed by atoms with van der Waals surface area (Å²) in [6, 6.07) is 5.01. The number of carboxylic acids is 1. The Morgan fingerprint density at radius 2 is 1.69 bits per heavy atom. The van der Waals surface area contributed by atoms with Crippen LogP contribution in [-0.4, -0.2) is 56.8 Å². The van der Waals surface area contributed by atoms with Gasteiger partial charge in [0.05, 0.1) is 23.0 Å². The Morgan fingerprint density at radius 3 is 2.14 bits per heavy atom. The molecular weight excluding hydrogens is 482 g/mol. The van der Waals surface area contributed by atoms with E-state index in [0.717, 1.165) is 11.0 Å². The van der Waals surface area contributed by atoms with Crippen molar-refractivity contribution in [3.63, 3.8) is 0 Å². The van der Waals surface area contributed by atoms with Gasteiger partial charge in [0.1, 0.15) is 0 Å². The van der Waals surface area contributed by atoms with Gasteiger partial charge in [0.25, 0.3) is 0 Å². The average Bonchev–Trinajstić information content (AvgIpc) is 2.99. The van der Waals surface area contributed by atoms with Crippen molar-refractivity contribution in [3.8, 4) is 0 Å². The van der Waals surface area contributed by atoms with Gasteiger partial charge in [-0.3, -0.25) is 4.79 Å². The average molecular weight is 522 g/mol. The van der Waals surface area contributed by atoms with Crippen molar-refractivity contribution < 1.29 is 27.5 Å². The third-order valence-corrected chi connectivity index (χ3v) is 13.9. The van der Waals surface area contributed by atoms with E-state index in [4.69, 9.17) is 4.43 Å². The summed E-state index contributed by atoms with van der Waals surface area (Å²) in [6.07, 6.45) is -0.169. The van der Waals surface area contributed by atoms with Gasteiger partial charge in [-0.2, -0.15) is 0 Å². The van der Waals surface area contributed by atoms with Crippen LogP contribution in [0.3, 0.4) is 0 Å². The Labute approximate surface area is 210 Å². The zero-order valence-electron chi connectivity index (χ0n) is 22.2. The van der Waals surface area contributed by atoms with Gasteiger partial charge in [-0.05, 0) is 60.2 Å². The molecule has 2 aliphatic heterocycles. The summed E-state index contributed by atoms with van der Waals surface area (Å²) in [6.45, 7) is 18.6. The van der Waals surface area contributed by atoms with Gasteiger partial charge in [-0.25, -0.2) is 13.2 Å². The highest BCUT2D eigenvalue weighted by Gasteiger charge is 2.60. The van der Waals surface area contributed by atoms with E-state index in [2.05, 4.69) is 33.9 Å². The summed E-state index contributed by atoms with van der Waals surface area (Å²) in [5.41, 5.74) is 1.12. The molecule has 4 atom stereocenters. The van der Waals surface area contributed by atoms with E-state index in [0.29, 0.717) is 0 Å². The first-order valence-corrected chi connectivity index (χ1v) is 16.5. The molecule has 1 unspecified atom stereocenters. The summed E-state index contributed by atoms with van der Waals surface area (Å²) in [4.78, 5) is 26.6. The topological polar surface area (TPSA) is 101 Å². The number of carboxylic acid groups (broad SMARTS) is 1. The molecule has 0 bridgehead atoms. The lowest BCUT2D eigenvalue weighted by Gasteiger charge is -2.49. The number of hydrogen-bond acceptors (Lipinski definition) is 5. The van der Waals surface area contributed by atoms with E-state index < -0.39 is 36.1 Å². The van der Waals surface area contributed by atoms with Crippen LogP contribution in [0.2, 0.25) is 18.1 Å². The number of sulfone groups is 1. The summed E-state index contributed by atoms with van der Waals surface area (Å²) >= 11 is 0. The van der Waals surface area contributed by atoms with Gasteiger partial charge in [0, 0.05) is 5.41 Å². The molecule has 1 aromatic rings. The fourth-order valence-corrected chi connectivity index (χ4v) is 7.40. The van der Waals surface area contributed by atoms with E-state index in [9.17, 15) is 23.1 Å². The van der Waals surface area contributed by atoms with E-state index in [-0.39, 0.29) is 45.4 Å². The summed E-state index contributed by atoms with van der Waals surface area (Å²) in [5, 5.41) is 10.9. The smallest absolute Gasteiger partial charge is 0.330 e. The summed E-state index contributed by atoms with van der Waals surface area (Å²) in [5.74, 6) is -1.99. The minimum Gasteiger partial charge on any atom is -0.479 e. The van der Waals surface area contributed by atoms with Gasteiger partial charge in [0.15, 0.2) is 24.2 Å². The first-order valence-electron chi connectivity index (χ1n) is 12.1. The molecule has 2 saturated heterocycles. The van der Waals surface area contributed by atoms with Crippen molar-refractivity contribution in [2.24, 2.45) is 5.92 Å². The lowest BCUT2D eigenvalue weighted by molar-refractivity contribution is -0.168. The normalized spacial score (nSPS) is 25.4. The number of nitrogens with zero attached hydrogens (tertiary/aromatic N) is 1. The van der Waals surface area contributed by atoms with Crippen LogP contribution < -0.4 is 0 Å². The minimum atomic E-state index is -3.88. The maximum atomic E-state index is 13.2. The molecule has 1 N–H and O–H groups in total. The monoisotopic (exact) mass is 521 g/mol. The maximum Gasteiger partial charge on any atom is 0.330 e. The number of rotatable bonds is 6. The van der Waals surface area contributed by atoms with E-state index in [1.165, 1.54) is 4.90 Å². The van der Waals surface area contributed by atoms with Crippen LogP contribution in [0.4, 0.5) is 0 Å². The second-order valence-corrected chi connectivity index (χ2v) is 18.9. The molecule has 3 rings (SSSR count). The SMILES string of the molecule is C[C@@H](O[Si](C)(C)C(C)(C)C)[C@@H]1C(=O)N2C(C(=O)O)/C(=C/S(=O)(=O)c3ccc(C(C)(C)C)cc3)C[C@H]12. The lowest BCUT2D eigenvalue weighted by atomic mass is 9.84. The first-order chi connectivity index (χ1) is 15.8. The molecule has 2 fully saturated rings. The molecule has 7 nitrogen and oxygen atoms in total. The van der Waals surface area contributed by atoms with Crippen molar-refractivity contribution in [3.05, 3.63) is 40.8 Å². The van der Waals surface area contributed by atoms with E-state index in [1.807, 2.05) is 27.7 Å². The molecule has 0 spiro atoms.